The Morgan fingerprint density at radius 2 is 2.04 bits per heavy atom. The molecule has 3 amide bonds. The number of thiazole rings is 1. The lowest BCUT2D eigenvalue weighted by Crippen LogP contribution is -2.44. The first kappa shape index (κ1) is 19.4. The Balaban J connectivity index is 1.69. The molecule has 148 valence electrons. The predicted octanol–water partition coefficient (Wildman–Crippen LogP) is 2.43. The zero-order valence-corrected chi connectivity index (χ0v) is 16.6. The summed E-state index contributed by atoms with van der Waals surface area (Å²) in [6.07, 6.45) is 2.11. The van der Waals surface area contributed by atoms with E-state index in [0.717, 1.165) is 23.4 Å². The van der Waals surface area contributed by atoms with Crippen molar-refractivity contribution in [2.24, 2.45) is 0 Å². The van der Waals surface area contributed by atoms with Crippen LogP contribution in [0.4, 0.5) is 14.7 Å². The van der Waals surface area contributed by atoms with Gasteiger partial charge in [0.15, 0.2) is 5.13 Å². The number of nitrogens with zero attached hydrogens (tertiary/aromatic N) is 2. The van der Waals surface area contributed by atoms with E-state index in [9.17, 15) is 14.4 Å². The van der Waals surface area contributed by atoms with Gasteiger partial charge in [0.05, 0.1) is 23.7 Å². The second kappa shape index (κ2) is 7.34. The Morgan fingerprint density at radius 3 is 2.70 bits per heavy atom. The van der Waals surface area contributed by atoms with Crippen molar-refractivity contribution in [1.29, 1.82) is 0 Å². The Kier molecular flexibility index (Phi) is 5.27. The Bertz CT molecular complexity index is 757. The van der Waals surface area contributed by atoms with Gasteiger partial charge < -0.3 is 14.8 Å². The van der Waals surface area contributed by atoms with Crippen LogP contribution < -0.4 is 10.6 Å². The molecule has 3 rings (SSSR count). The van der Waals surface area contributed by atoms with Crippen molar-refractivity contribution in [2.45, 2.75) is 57.7 Å². The first-order valence-corrected chi connectivity index (χ1v) is 9.62. The highest BCUT2D eigenvalue weighted by Gasteiger charge is 2.46. The van der Waals surface area contributed by atoms with E-state index in [0.29, 0.717) is 11.6 Å². The largest absolute Gasteiger partial charge is 0.468 e. The SMILES string of the molecule is COC(=O)CNC(=O)Nc1nc2c(s1)C1CCC(C2)N1C(=O)OC(C)(C)C. The van der Waals surface area contributed by atoms with Gasteiger partial charge in [-0.05, 0) is 33.6 Å². The lowest BCUT2D eigenvalue weighted by molar-refractivity contribution is -0.139. The van der Waals surface area contributed by atoms with Gasteiger partial charge >= 0.3 is 18.1 Å². The van der Waals surface area contributed by atoms with Crippen molar-refractivity contribution >= 4 is 34.6 Å². The number of nitrogens with one attached hydrogen (secondary N) is 2. The van der Waals surface area contributed by atoms with Crippen molar-refractivity contribution < 1.29 is 23.9 Å². The molecule has 9 nitrogen and oxygen atoms in total. The number of hydrogen-bond acceptors (Lipinski definition) is 7. The third kappa shape index (κ3) is 4.32. The topological polar surface area (TPSA) is 110 Å². The molecule has 27 heavy (non-hydrogen) atoms. The summed E-state index contributed by atoms with van der Waals surface area (Å²) in [6, 6.07) is -0.527. The van der Waals surface area contributed by atoms with Crippen LogP contribution in [0.15, 0.2) is 0 Å². The lowest BCUT2D eigenvalue weighted by Gasteiger charge is -2.35. The van der Waals surface area contributed by atoms with Crippen LogP contribution in [0.25, 0.3) is 0 Å². The summed E-state index contributed by atoms with van der Waals surface area (Å²) in [7, 11) is 1.25. The molecule has 0 radical (unpaired) electrons. The number of esters is 1. The molecule has 2 unspecified atom stereocenters. The number of aromatic nitrogens is 1. The van der Waals surface area contributed by atoms with Crippen molar-refractivity contribution in [2.75, 3.05) is 19.0 Å². The summed E-state index contributed by atoms with van der Waals surface area (Å²) in [5.74, 6) is -0.533. The fourth-order valence-corrected chi connectivity index (χ4v) is 4.47. The molecular formula is C17H24N4O5S. The second-order valence-corrected chi connectivity index (χ2v) is 8.58. The standard InChI is InChI=1S/C17H24N4O5S/c1-17(2,3)26-16(24)21-9-5-6-11(21)13-10(7-9)19-15(27-13)20-14(23)18-8-12(22)25-4/h9,11H,5-8H2,1-4H3,(H2,18,19,20,23). The van der Waals surface area contributed by atoms with Crippen LogP contribution in [0.5, 0.6) is 0 Å². The Labute approximate surface area is 161 Å². The number of fused-ring (bicyclic) bond motifs is 4. The van der Waals surface area contributed by atoms with Gasteiger partial charge in [-0.1, -0.05) is 11.3 Å². The molecule has 2 N–H and O–H groups in total. The van der Waals surface area contributed by atoms with E-state index in [4.69, 9.17) is 4.74 Å². The van der Waals surface area contributed by atoms with Gasteiger partial charge in [-0.2, -0.15) is 0 Å². The highest BCUT2D eigenvalue weighted by atomic mass is 32.1. The van der Waals surface area contributed by atoms with Gasteiger partial charge in [0, 0.05) is 12.5 Å². The minimum absolute atomic E-state index is 0.0696. The molecule has 1 saturated heterocycles. The van der Waals surface area contributed by atoms with E-state index < -0.39 is 17.6 Å². The van der Waals surface area contributed by atoms with E-state index in [-0.39, 0.29) is 24.7 Å². The van der Waals surface area contributed by atoms with Crippen molar-refractivity contribution in [3.63, 3.8) is 0 Å². The molecule has 1 aromatic heterocycles. The number of rotatable bonds is 3. The molecule has 1 fully saturated rings. The molecule has 0 aromatic carbocycles. The van der Waals surface area contributed by atoms with E-state index in [2.05, 4.69) is 20.4 Å². The Morgan fingerprint density at radius 1 is 1.30 bits per heavy atom. The molecular weight excluding hydrogens is 372 g/mol. The van der Waals surface area contributed by atoms with Crippen LogP contribution in [0.1, 0.15) is 50.2 Å². The minimum Gasteiger partial charge on any atom is -0.468 e. The first-order chi connectivity index (χ1) is 12.7. The van der Waals surface area contributed by atoms with Crippen molar-refractivity contribution in [1.82, 2.24) is 15.2 Å². The van der Waals surface area contributed by atoms with Crippen molar-refractivity contribution in [3.05, 3.63) is 10.6 Å². The van der Waals surface area contributed by atoms with E-state index >= 15 is 0 Å². The third-order valence-electron chi connectivity index (χ3n) is 4.41. The normalized spacial score (nSPS) is 20.7. The molecule has 2 aliphatic heterocycles. The monoisotopic (exact) mass is 396 g/mol. The van der Waals surface area contributed by atoms with Crippen LogP contribution >= 0.6 is 11.3 Å². The fourth-order valence-electron chi connectivity index (χ4n) is 3.34. The Hall–Kier alpha value is -2.36. The summed E-state index contributed by atoms with van der Waals surface area (Å²) >= 11 is 1.35. The van der Waals surface area contributed by atoms with Gasteiger partial charge in [-0.15, -0.1) is 0 Å². The highest BCUT2D eigenvalue weighted by molar-refractivity contribution is 7.16. The summed E-state index contributed by atoms with van der Waals surface area (Å²) in [4.78, 5) is 42.9. The maximum Gasteiger partial charge on any atom is 0.411 e. The summed E-state index contributed by atoms with van der Waals surface area (Å²) in [5.41, 5.74) is 0.366. The predicted molar refractivity (Wildman–Crippen MR) is 98.7 cm³/mol. The number of methoxy groups -OCH3 is 1. The van der Waals surface area contributed by atoms with E-state index in [1.54, 1.807) is 0 Å². The zero-order chi connectivity index (χ0) is 19.8. The molecule has 2 bridgehead atoms. The summed E-state index contributed by atoms with van der Waals surface area (Å²) < 4.78 is 10.0. The summed E-state index contributed by atoms with van der Waals surface area (Å²) in [6.45, 7) is 5.34. The average Bonchev–Trinajstić information content (AvgIpc) is 3.12. The number of amides is 3. The molecule has 0 spiro atoms. The van der Waals surface area contributed by atoms with E-state index in [1.165, 1.54) is 18.4 Å². The molecule has 0 aliphatic carbocycles. The number of ether oxygens (including phenoxy) is 2. The number of anilines is 1. The van der Waals surface area contributed by atoms with Crippen LogP contribution in [0.2, 0.25) is 0 Å². The van der Waals surface area contributed by atoms with Crippen LogP contribution in [-0.4, -0.2) is 53.3 Å². The van der Waals surface area contributed by atoms with Crippen molar-refractivity contribution in [3.8, 4) is 0 Å². The first-order valence-electron chi connectivity index (χ1n) is 8.80. The maximum absolute atomic E-state index is 12.6. The number of carbonyl (C=O) groups is 3. The van der Waals surface area contributed by atoms with E-state index in [1.807, 2.05) is 25.7 Å². The molecule has 1 aromatic rings. The quantitative estimate of drug-likeness (QED) is 0.760. The van der Waals surface area contributed by atoms with Gasteiger partial charge in [0.25, 0.3) is 0 Å². The number of urea groups is 1. The maximum atomic E-state index is 12.6. The average molecular weight is 396 g/mol. The molecule has 3 heterocycles. The van der Waals surface area contributed by atoms with Gasteiger partial charge in [0.2, 0.25) is 0 Å². The van der Waals surface area contributed by atoms with Crippen LogP contribution in [0, 0.1) is 0 Å². The van der Waals surface area contributed by atoms with Crippen LogP contribution in [-0.2, 0) is 20.7 Å². The van der Waals surface area contributed by atoms with Gasteiger partial charge in [-0.25, -0.2) is 14.6 Å². The summed E-state index contributed by atoms with van der Waals surface area (Å²) in [5, 5.41) is 5.49. The lowest BCUT2D eigenvalue weighted by atomic mass is 10.1. The fraction of sp³-hybridized carbons (Fsp3) is 0.647. The molecule has 10 heteroatoms. The third-order valence-corrected chi connectivity index (χ3v) is 5.52. The van der Waals surface area contributed by atoms with Crippen LogP contribution in [0.3, 0.4) is 0 Å². The van der Waals surface area contributed by atoms with Gasteiger partial charge in [-0.3, -0.25) is 15.0 Å². The minimum atomic E-state index is -0.547. The van der Waals surface area contributed by atoms with Gasteiger partial charge in [0.1, 0.15) is 12.1 Å². The molecule has 2 atom stereocenters. The second-order valence-electron chi connectivity index (χ2n) is 7.55. The smallest absolute Gasteiger partial charge is 0.411 e. The number of carbonyl (C=O) groups excluding carboxylic acids is 3. The molecule has 0 saturated carbocycles. The number of hydrogen-bond donors (Lipinski definition) is 2. The molecule has 2 aliphatic rings. The highest BCUT2D eigenvalue weighted by Crippen LogP contribution is 2.47. The zero-order valence-electron chi connectivity index (χ0n) is 15.8.